The van der Waals surface area contributed by atoms with Crippen LogP contribution in [0.15, 0.2) is 28.8 Å². The normalized spacial score (nSPS) is 19.6. The highest BCUT2D eigenvalue weighted by molar-refractivity contribution is 5.42. The third-order valence-corrected chi connectivity index (χ3v) is 4.13. The molecule has 112 valence electrons. The molecule has 1 atom stereocenters. The Hall–Kier alpha value is -1.88. The van der Waals surface area contributed by atoms with E-state index in [1.165, 1.54) is 0 Å². The highest BCUT2D eigenvalue weighted by atomic mass is 16.5. The standard InChI is InChI=1S/C16H21N3O2/c1-16(2,12-5-7-13(17)8-6-12)15-18-14(19-21-15)11-4-3-9-20-10-11/h5-8,11H,3-4,9-10,17H2,1-2H3. The van der Waals surface area contributed by atoms with Crippen molar-refractivity contribution in [3.05, 3.63) is 41.5 Å². The zero-order valence-corrected chi connectivity index (χ0v) is 12.5. The number of nitrogens with two attached hydrogens (primary N) is 1. The fourth-order valence-electron chi connectivity index (χ4n) is 2.62. The van der Waals surface area contributed by atoms with E-state index in [2.05, 4.69) is 24.0 Å². The lowest BCUT2D eigenvalue weighted by atomic mass is 9.84. The van der Waals surface area contributed by atoms with E-state index in [-0.39, 0.29) is 11.3 Å². The van der Waals surface area contributed by atoms with Crippen LogP contribution in [0.25, 0.3) is 0 Å². The lowest BCUT2D eigenvalue weighted by molar-refractivity contribution is 0.0773. The molecule has 0 aliphatic carbocycles. The monoisotopic (exact) mass is 287 g/mol. The van der Waals surface area contributed by atoms with Crippen molar-refractivity contribution in [3.63, 3.8) is 0 Å². The Balaban J connectivity index is 1.85. The summed E-state index contributed by atoms with van der Waals surface area (Å²) >= 11 is 0. The molecule has 5 heteroatoms. The number of rotatable bonds is 3. The molecule has 1 aromatic heterocycles. The summed E-state index contributed by atoms with van der Waals surface area (Å²) in [4.78, 5) is 4.62. The lowest BCUT2D eigenvalue weighted by Crippen LogP contribution is -2.20. The molecule has 0 bridgehead atoms. The fourth-order valence-corrected chi connectivity index (χ4v) is 2.62. The van der Waals surface area contributed by atoms with Crippen LogP contribution in [0.2, 0.25) is 0 Å². The van der Waals surface area contributed by atoms with Crippen molar-refractivity contribution in [2.45, 2.75) is 38.0 Å². The van der Waals surface area contributed by atoms with Crippen molar-refractivity contribution < 1.29 is 9.26 Å². The Morgan fingerprint density at radius 2 is 2.00 bits per heavy atom. The second-order valence-electron chi connectivity index (χ2n) is 6.12. The average Bonchev–Trinajstić information content (AvgIpc) is 2.99. The van der Waals surface area contributed by atoms with E-state index >= 15 is 0 Å². The first-order valence-corrected chi connectivity index (χ1v) is 7.35. The molecule has 0 amide bonds. The van der Waals surface area contributed by atoms with Gasteiger partial charge in [-0.05, 0) is 44.4 Å². The van der Waals surface area contributed by atoms with Crippen LogP contribution >= 0.6 is 0 Å². The Morgan fingerprint density at radius 1 is 1.24 bits per heavy atom. The Kier molecular flexibility index (Phi) is 3.68. The molecule has 5 nitrogen and oxygen atoms in total. The van der Waals surface area contributed by atoms with E-state index in [1.54, 1.807) is 0 Å². The number of ether oxygens (including phenoxy) is 1. The van der Waals surface area contributed by atoms with Crippen molar-refractivity contribution in [3.8, 4) is 0 Å². The van der Waals surface area contributed by atoms with Crippen LogP contribution in [0.4, 0.5) is 5.69 Å². The van der Waals surface area contributed by atoms with Crippen LogP contribution < -0.4 is 5.73 Å². The first kappa shape index (κ1) is 14.1. The summed E-state index contributed by atoms with van der Waals surface area (Å²) in [6, 6.07) is 7.79. The van der Waals surface area contributed by atoms with Crippen molar-refractivity contribution in [1.82, 2.24) is 10.1 Å². The molecule has 3 rings (SSSR count). The van der Waals surface area contributed by atoms with E-state index in [0.717, 1.165) is 36.5 Å². The third kappa shape index (κ3) is 2.78. The molecule has 0 radical (unpaired) electrons. The molecule has 21 heavy (non-hydrogen) atoms. The minimum atomic E-state index is -0.339. The Bertz CT molecular complexity index is 598. The Labute approximate surface area is 124 Å². The van der Waals surface area contributed by atoms with Crippen LogP contribution in [0, 0.1) is 0 Å². The topological polar surface area (TPSA) is 74.2 Å². The van der Waals surface area contributed by atoms with Gasteiger partial charge in [-0.15, -0.1) is 0 Å². The van der Waals surface area contributed by atoms with E-state index in [9.17, 15) is 0 Å². The maximum absolute atomic E-state index is 5.74. The van der Waals surface area contributed by atoms with Gasteiger partial charge < -0.3 is 15.0 Å². The SMILES string of the molecule is CC(C)(c1ccc(N)cc1)c1nc(C2CCCOC2)no1. The molecule has 0 saturated carbocycles. The van der Waals surface area contributed by atoms with Crippen molar-refractivity contribution in [1.29, 1.82) is 0 Å². The molecular weight excluding hydrogens is 266 g/mol. The minimum Gasteiger partial charge on any atom is -0.399 e. The van der Waals surface area contributed by atoms with Crippen molar-refractivity contribution >= 4 is 5.69 Å². The average molecular weight is 287 g/mol. The van der Waals surface area contributed by atoms with Gasteiger partial charge in [0.05, 0.1) is 12.0 Å². The van der Waals surface area contributed by atoms with Gasteiger partial charge in [-0.25, -0.2) is 0 Å². The molecule has 1 aliphatic rings. The van der Waals surface area contributed by atoms with E-state index in [4.69, 9.17) is 15.0 Å². The second kappa shape index (κ2) is 5.48. The number of aromatic nitrogens is 2. The molecular formula is C16H21N3O2. The molecule has 2 aromatic rings. The maximum Gasteiger partial charge on any atom is 0.236 e. The molecule has 2 heterocycles. The van der Waals surface area contributed by atoms with Crippen LogP contribution in [0.3, 0.4) is 0 Å². The summed E-state index contributed by atoms with van der Waals surface area (Å²) in [5.74, 6) is 1.64. The largest absolute Gasteiger partial charge is 0.399 e. The van der Waals surface area contributed by atoms with Crippen LogP contribution in [0.5, 0.6) is 0 Å². The first-order chi connectivity index (χ1) is 10.1. The highest BCUT2D eigenvalue weighted by Gasteiger charge is 2.31. The van der Waals surface area contributed by atoms with Gasteiger partial charge in [-0.1, -0.05) is 17.3 Å². The zero-order chi connectivity index (χ0) is 14.9. The summed E-state index contributed by atoms with van der Waals surface area (Å²) < 4.78 is 11.0. The van der Waals surface area contributed by atoms with Gasteiger partial charge in [0.1, 0.15) is 0 Å². The van der Waals surface area contributed by atoms with Crippen LogP contribution in [-0.2, 0) is 10.2 Å². The van der Waals surface area contributed by atoms with E-state index < -0.39 is 0 Å². The zero-order valence-electron chi connectivity index (χ0n) is 12.5. The quantitative estimate of drug-likeness (QED) is 0.879. The number of anilines is 1. The van der Waals surface area contributed by atoms with Gasteiger partial charge in [-0.2, -0.15) is 4.98 Å². The highest BCUT2D eigenvalue weighted by Crippen LogP contribution is 2.32. The summed E-state index contributed by atoms with van der Waals surface area (Å²) in [6.07, 6.45) is 2.11. The molecule has 1 unspecified atom stereocenters. The van der Waals surface area contributed by atoms with Gasteiger partial charge in [0.25, 0.3) is 0 Å². The molecule has 2 N–H and O–H groups in total. The molecule has 0 spiro atoms. The summed E-state index contributed by atoms with van der Waals surface area (Å²) in [6.45, 7) is 5.67. The summed E-state index contributed by atoms with van der Waals surface area (Å²) in [5, 5.41) is 4.16. The van der Waals surface area contributed by atoms with Crippen molar-refractivity contribution in [2.24, 2.45) is 0 Å². The smallest absolute Gasteiger partial charge is 0.236 e. The molecule has 1 fully saturated rings. The van der Waals surface area contributed by atoms with E-state index in [1.807, 2.05) is 24.3 Å². The van der Waals surface area contributed by atoms with Gasteiger partial charge >= 0.3 is 0 Å². The van der Waals surface area contributed by atoms with E-state index in [0.29, 0.717) is 12.5 Å². The number of hydrogen-bond donors (Lipinski definition) is 1. The number of nitrogens with zero attached hydrogens (tertiary/aromatic N) is 2. The summed E-state index contributed by atoms with van der Waals surface area (Å²) in [7, 11) is 0. The second-order valence-corrected chi connectivity index (χ2v) is 6.12. The number of hydrogen-bond acceptors (Lipinski definition) is 5. The molecule has 1 aliphatic heterocycles. The van der Waals surface area contributed by atoms with Gasteiger partial charge in [0.2, 0.25) is 5.89 Å². The van der Waals surface area contributed by atoms with Gasteiger partial charge in [-0.3, -0.25) is 0 Å². The number of benzene rings is 1. The van der Waals surface area contributed by atoms with Gasteiger partial charge in [0.15, 0.2) is 5.82 Å². The van der Waals surface area contributed by atoms with Crippen molar-refractivity contribution in [2.75, 3.05) is 18.9 Å². The van der Waals surface area contributed by atoms with Crippen LogP contribution in [-0.4, -0.2) is 23.4 Å². The lowest BCUT2D eigenvalue weighted by Gasteiger charge is -2.21. The predicted molar refractivity (Wildman–Crippen MR) is 80.1 cm³/mol. The third-order valence-electron chi connectivity index (χ3n) is 4.13. The molecule has 1 saturated heterocycles. The molecule has 1 aromatic carbocycles. The first-order valence-electron chi connectivity index (χ1n) is 7.35. The predicted octanol–water partition coefficient (Wildman–Crippen LogP) is 2.87. The Morgan fingerprint density at radius 3 is 2.67 bits per heavy atom. The van der Waals surface area contributed by atoms with Crippen LogP contribution in [0.1, 0.15) is 49.9 Å². The summed E-state index contributed by atoms with van der Waals surface area (Å²) in [5.41, 5.74) is 7.26. The minimum absolute atomic E-state index is 0.249. The maximum atomic E-state index is 5.74. The number of nitrogen functional groups attached to an aromatic ring is 1. The fraction of sp³-hybridized carbons (Fsp3) is 0.500. The van der Waals surface area contributed by atoms with Gasteiger partial charge in [0, 0.05) is 18.2 Å².